The van der Waals surface area contributed by atoms with E-state index in [2.05, 4.69) is 10.3 Å². The summed E-state index contributed by atoms with van der Waals surface area (Å²) in [6.07, 6.45) is -0.190. The van der Waals surface area contributed by atoms with Gasteiger partial charge >= 0.3 is 5.97 Å². The predicted octanol–water partition coefficient (Wildman–Crippen LogP) is 1.89. The number of carbonyl (C=O) groups is 2. The number of carboxylic acid groups (broad SMARTS) is 1. The molecule has 2 N–H and O–H groups in total. The summed E-state index contributed by atoms with van der Waals surface area (Å²) in [7, 11) is 0. The second-order valence-corrected chi connectivity index (χ2v) is 4.28. The fourth-order valence-corrected chi connectivity index (χ4v) is 1.93. The maximum atomic E-state index is 11.1. The third kappa shape index (κ3) is 3.28. The molecule has 0 aliphatic carbocycles. The molecule has 0 spiro atoms. The zero-order valence-corrected chi connectivity index (χ0v) is 10.5. The van der Waals surface area contributed by atoms with Crippen molar-refractivity contribution in [2.75, 3.05) is 0 Å². The number of fused-ring (bicyclic) bond motifs is 1. The van der Waals surface area contributed by atoms with Crippen molar-refractivity contribution >= 4 is 22.8 Å². The van der Waals surface area contributed by atoms with Gasteiger partial charge in [-0.2, -0.15) is 0 Å². The first-order valence-electron chi connectivity index (χ1n) is 5.91. The van der Waals surface area contributed by atoms with Crippen molar-refractivity contribution in [3.8, 4) is 0 Å². The van der Waals surface area contributed by atoms with Crippen LogP contribution in [0, 0.1) is 0 Å². The molecule has 2 aromatic rings. The molecule has 0 bridgehead atoms. The highest BCUT2D eigenvalue weighted by Crippen LogP contribution is 2.19. The lowest BCUT2D eigenvalue weighted by Gasteiger charge is -2.15. The van der Waals surface area contributed by atoms with Crippen molar-refractivity contribution in [2.45, 2.75) is 19.4 Å². The van der Waals surface area contributed by atoms with Crippen LogP contribution in [0.15, 0.2) is 36.4 Å². The van der Waals surface area contributed by atoms with Gasteiger partial charge in [-0.3, -0.25) is 14.6 Å². The Kier molecular flexibility index (Phi) is 3.75. The van der Waals surface area contributed by atoms with Gasteiger partial charge in [0.05, 0.1) is 23.7 Å². The van der Waals surface area contributed by atoms with Crippen LogP contribution in [-0.2, 0) is 9.59 Å². The molecule has 5 nitrogen and oxygen atoms in total. The number of para-hydroxylation sites is 1. The molecule has 0 saturated carbocycles. The minimum absolute atomic E-state index is 0.190. The van der Waals surface area contributed by atoms with Crippen LogP contribution in [-0.4, -0.2) is 22.0 Å². The molecule has 0 unspecified atom stereocenters. The van der Waals surface area contributed by atoms with Crippen molar-refractivity contribution in [1.29, 1.82) is 0 Å². The molecule has 1 amide bonds. The first-order chi connectivity index (χ1) is 9.06. The Morgan fingerprint density at radius 3 is 2.68 bits per heavy atom. The number of hydrogen-bond acceptors (Lipinski definition) is 3. The monoisotopic (exact) mass is 258 g/mol. The SMILES string of the molecule is CC(=O)N[C@@H](CC(=O)O)c1ccc2ccccc2n1. The van der Waals surface area contributed by atoms with Gasteiger partial charge in [-0.15, -0.1) is 0 Å². The van der Waals surface area contributed by atoms with Gasteiger partial charge in [0.2, 0.25) is 5.91 Å². The highest BCUT2D eigenvalue weighted by atomic mass is 16.4. The smallest absolute Gasteiger partial charge is 0.305 e. The molecule has 5 heteroatoms. The lowest BCUT2D eigenvalue weighted by atomic mass is 10.1. The number of nitrogens with zero attached hydrogens (tertiary/aromatic N) is 1. The summed E-state index contributed by atoms with van der Waals surface area (Å²) >= 11 is 0. The Balaban J connectivity index is 2.37. The van der Waals surface area contributed by atoms with Crippen molar-refractivity contribution in [3.63, 3.8) is 0 Å². The number of hydrogen-bond donors (Lipinski definition) is 2. The zero-order chi connectivity index (χ0) is 13.8. The van der Waals surface area contributed by atoms with Crippen LogP contribution in [0.2, 0.25) is 0 Å². The molecule has 19 heavy (non-hydrogen) atoms. The second kappa shape index (κ2) is 5.48. The molecule has 1 aromatic heterocycles. The molecule has 1 atom stereocenters. The average molecular weight is 258 g/mol. The molecule has 1 heterocycles. The number of benzene rings is 1. The van der Waals surface area contributed by atoms with E-state index in [4.69, 9.17) is 5.11 Å². The normalized spacial score (nSPS) is 12.1. The summed E-state index contributed by atoms with van der Waals surface area (Å²) in [6.45, 7) is 1.36. The summed E-state index contributed by atoms with van der Waals surface area (Å²) in [5, 5.41) is 12.5. The van der Waals surface area contributed by atoms with Gasteiger partial charge in [-0.25, -0.2) is 0 Å². The minimum Gasteiger partial charge on any atom is -0.481 e. The summed E-state index contributed by atoms with van der Waals surface area (Å²) in [5.41, 5.74) is 1.33. The van der Waals surface area contributed by atoms with Crippen molar-refractivity contribution in [1.82, 2.24) is 10.3 Å². The number of nitrogens with one attached hydrogen (secondary N) is 1. The van der Waals surface area contributed by atoms with Crippen molar-refractivity contribution in [2.24, 2.45) is 0 Å². The summed E-state index contributed by atoms with van der Waals surface area (Å²) in [4.78, 5) is 26.4. The van der Waals surface area contributed by atoms with Gasteiger partial charge in [0.1, 0.15) is 0 Å². The Bertz CT molecular complexity index is 609. The molecule has 0 aliphatic rings. The topological polar surface area (TPSA) is 79.3 Å². The first kappa shape index (κ1) is 13.0. The molecular weight excluding hydrogens is 244 g/mol. The third-order valence-electron chi connectivity index (χ3n) is 2.73. The average Bonchev–Trinajstić information content (AvgIpc) is 2.36. The van der Waals surface area contributed by atoms with E-state index in [1.807, 2.05) is 30.3 Å². The van der Waals surface area contributed by atoms with Crippen LogP contribution in [0.1, 0.15) is 25.1 Å². The molecule has 0 saturated heterocycles. The quantitative estimate of drug-likeness (QED) is 0.877. The van der Waals surface area contributed by atoms with E-state index in [0.717, 1.165) is 10.9 Å². The third-order valence-corrected chi connectivity index (χ3v) is 2.73. The van der Waals surface area contributed by atoms with Crippen LogP contribution in [0.4, 0.5) is 0 Å². The first-order valence-corrected chi connectivity index (χ1v) is 5.91. The fraction of sp³-hybridized carbons (Fsp3) is 0.214. The van der Waals surface area contributed by atoms with Gasteiger partial charge in [-0.1, -0.05) is 24.3 Å². The number of rotatable bonds is 4. The van der Waals surface area contributed by atoms with Crippen molar-refractivity contribution in [3.05, 3.63) is 42.1 Å². The van der Waals surface area contributed by atoms with E-state index in [-0.39, 0.29) is 12.3 Å². The standard InChI is InChI=1S/C14H14N2O3/c1-9(17)15-13(8-14(18)19)12-7-6-10-4-2-3-5-11(10)16-12/h2-7,13H,8H2,1H3,(H,15,17)(H,18,19)/t13-/m0/s1. The molecule has 0 aliphatic heterocycles. The molecule has 98 valence electrons. The summed E-state index contributed by atoms with van der Waals surface area (Å²) in [5.74, 6) is -1.25. The zero-order valence-electron chi connectivity index (χ0n) is 10.5. The van der Waals surface area contributed by atoms with Gasteiger partial charge in [0.25, 0.3) is 0 Å². The Morgan fingerprint density at radius 2 is 2.00 bits per heavy atom. The van der Waals surface area contributed by atoms with Crippen LogP contribution >= 0.6 is 0 Å². The molecule has 0 fully saturated rings. The molecular formula is C14H14N2O3. The van der Waals surface area contributed by atoms with Crippen LogP contribution < -0.4 is 5.32 Å². The van der Waals surface area contributed by atoms with Gasteiger partial charge in [0, 0.05) is 12.3 Å². The van der Waals surface area contributed by atoms with E-state index >= 15 is 0 Å². The highest BCUT2D eigenvalue weighted by molar-refractivity contribution is 5.79. The van der Waals surface area contributed by atoms with Crippen LogP contribution in [0.25, 0.3) is 10.9 Å². The van der Waals surface area contributed by atoms with E-state index in [9.17, 15) is 9.59 Å². The molecule has 1 aromatic carbocycles. The number of amides is 1. The van der Waals surface area contributed by atoms with Gasteiger partial charge in [0.15, 0.2) is 0 Å². The number of pyridine rings is 1. The number of carbonyl (C=O) groups excluding carboxylic acids is 1. The molecule has 2 rings (SSSR count). The Morgan fingerprint density at radius 1 is 1.26 bits per heavy atom. The van der Waals surface area contributed by atoms with Crippen molar-refractivity contribution < 1.29 is 14.7 Å². The summed E-state index contributed by atoms with van der Waals surface area (Å²) in [6, 6.07) is 10.6. The van der Waals surface area contributed by atoms with E-state index in [1.165, 1.54) is 6.92 Å². The van der Waals surface area contributed by atoms with E-state index in [1.54, 1.807) is 6.07 Å². The van der Waals surface area contributed by atoms with E-state index < -0.39 is 12.0 Å². The Labute approximate surface area is 110 Å². The largest absolute Gasteiger partial charge is 0.481 e. The fourth-order valence-electron chi connectivity index (χ4n) is 1.93. The lowest BCUT2D eigenvalue weighted by molar-refractivity contribution is -0.137. The van der Waals surface area contributed by atoms with Gasteiger partial charge in [-0.05, 0) is 12.1 Å². The van der Waals surface area contributed by atoms with E-state index in [0.29, 0.717) is 5.69 Å². The number of carboxylic acids is 1. The lowest BCUT2D eigenvalue weighted by Crippen LogP contribution is -2.28. The maximum Gasteiger partial charge on any atom is 0.305 e. The highest BCUT2D eigenvalue weighted by Gasteiger charge is 2.18. The number of aromatic nitrogens is 1. The summed E-state index contributed by atoms with van der Waals surface area (Å²) < 4.78 is 0. The van der Waals surface area contributed by atoms with Crippen LogP contribution in [0.3, 0.4) is 0 Å². The minimum atomic E-state index is -0.978. The maximum absolute atomic E-state index is 11.1. The predicted molar refractivity (Wildman–Crippen MR) is 70.6 cm³/mol. The van der Waals surface area contributed by atoms with Crippen LogP contribution in [0.5, 0.6) is 0 Å². The van der Waals surface area contributed by atoms with Gasteiger partial charge < -0.3 is 10.4 Å². The molecule has 0 radical (unpaired) electrons. The second-order valence-electron chi connectivity index (χ2n) is 4.28. The number of aliphatic carboxylic acids is 1. The Hall–Kier alpha value is -2.43.